The Morgan fingerprint density at radius 2 is 2.00 bits per heavy atom. The molecule has 2 atom stereocenters. The third-order valence-electron chi connectivity index (χ3n) is 4.21. The van der Waals surface area contributed by atoms with Gasteiger partial charge in [0.05, 0.1) is 11.3 Å². The molecule has 3 rings (SSSR count). The summed E-state index contributed by atoms with van der Waals surface area (Å²) < 4.78 is 13.6. The quantitative estimate of drug-likeness (QED) is 0.930. The molecular formula is C16H19FN2O2S. The number of hydrogen-bond donors (Lipinski definition) is 1. The lowest BCUT2D eigenvalue weighted by atomic mass is 10.1. The number of halogens is 1. The number of benzene rings is 1. The normalized spacial score (nSPS) is 24.0. The fourth-order valence-electron chi connectivity index (χ4n) is 2.65. The first-order chi connectivity index (χ1) is 10.6. The highest BCUT2D eigenvalue weighted by molar-refractivity contribution is 7.99. The van der Waals surface area contributed by atoms with Gasteiger partial charge in [0, 0.05) is 30.5 Å². The fraction of sp³-hybridized carbons (Fsp3) is 0.500. The van der Waals surface area contributed by atoms with E-state index in [1.54, 1.807) is 16.7 Å². The van der Waals surface area contributed by atoms with Gasteiger partial charge in [-0.2, -0.15) is 11.8 Å². The molecule has 2 amide bonds. The molecule has 2 unspecified atom stereocenters. The highest BCUT2D eigenvalue weighted by atomic mass is 32.2. The van der Waals surface area contributed by atoms with Crippen molar-refractivity contribution < 1.29 is 14.0 Å². The fourth-order valence-corrected chi connectivity index (χ4v) is 3.56. The Hall–Kier alpha value is -1.56. The molecule has 1 aliphatic heterocycles. The minimum absolute atomic E-state index is 0.0133. The second-order valence-electron chi connectivity index (χ2n) is 5.90. The standard InChI is InChI=1S/C16H19FN2O2S/c1-10-8-12(10)15(20)18-14-3-2-11(17)9-13(14)16(21)19-4-6-22-7-5-19/h2-3,9-10,12H,4-8H2,1H3,(H,18,20). The summed E-state index contributed by atoms with van der Waals surface area (Å²) in [6, 6.07) is 3.97. The molecule has 4 nitrogen and oxygen atoms in total. The predicted octanol–water partition coefficient (Wildman–Crippen LogP) is 2.61. The predicted molar refractivity (Wildman–Crippen MR) is 85.5 cm³/mol. The molecule has 0 radical (unpaired) electrons. The molecule has 1 saturated carbocycles. The van der Waals surface area contributed by atoms with Crippen molar-refractivity contribution in [2.45, 2.75) is 13.3 Å². The maximum atomic E-state index is 13.6. The van der Waals surface area contributed by atoms with Gasteiger partial charge in [0.25, 0.3) is 5.91 Å². The first kappa shape index (κ1) is 15.3. The average Bonchev–Trinajstić information content (AvgIpc) is 3.26. The van der Waals surface area contributed by atoms with Crippen molar-refractivity contribution in [3.63, 3.8) is 0 Å². The summed E-state index contributed by atoms with van der Waals surface area (Å²) in [5.74, 6) is 1.43. The lowest BCUT2D eigenvalue weighted by Crippen LogP contribution is -2.38. The molecule has 0 bridgehead atoms. The van der Waals surface area contributed by atoms with E-state index in [0.717, 1.165) is 17.9 Å². The zero-order valence-corrected chi connectivity index (χ0v) is 13.3. The Kier molecular flexibility index (Phi) is 4.38. The average molecular weight is 322 g/mol. The number of rotatable bonds is 3. The molecule has 6 heteroatoms. The van der Waals surface area contributed by atoms with Crippen molar-refractivity contribution in [1.82, 2.24) is 4.90 Å². The number of anilines is 1. The molecule has 1 saturated heterocycles. The van der Waals surface area contributed by atoms with Crippen LogP contribution in [0.3, 0.4) is 0 Å². The van der Waals surface area contributed by atoms with E-state index in [1.165, 1.54) is 18.2 Å². The molecule has 2 fully saturated rings. The summed E-state index contributed by atoms with van der Waals surface area (Å²) in [6.07, 6.45) is 0.875. The van der Waals surface area contributed by atoms with E-state index in [4.69, 9.17) is 0 Å². The first-order valence-corrected chi connectivity index (χ1v) is 8.69. The molecule has 0 spiro atoms. The van der Waals surface area contributed by atoms with E-state index in [-0.39, 0.29) is 23.3 Å². The number of thioether (sulfide) groups is 1. The van der Waals surface area contributed by atoms with E-state index < -0.39 is 5.82 Å². The van der Waals surface area contributed by atoms with E-state index >= 15 is 0 Å². The number of hydrogen-bond acceptors (Lipinski definition) is 3. The molecule has 22 heavy (non-hydrogen) atoms. The van der Waals surface area contributed by atoms with Crippen LogP contribution in [0.15, 0.2) is 18.2 Å². The highest BCUT2D eigenvalue weighted by Crippen LogP contribution is 2.38. The van der Waals surface area contributed by atoms with Crippen molar-refractivity contribution in [2.24, 2.45) is 11.8 Å². The van der Waals surface area contributed by atoms with Gasteiger partial charge in [0.1, 0.15) is 5.82 Å². The monoisotopic (exact) mass is 322 g/mol. The third-order valence-corrected chi connectivity index (χ3v) is 5.16. The number of amides is 2. The van der Waals surface area contributed by atoms with Gasteiger partial charge in [0.15, 0.2) is 0 Å². The van der Waals surface area contributed by atoms with Gasteiger partial charge in [-0.25, -0.2) is 4.39 Å². The Morgan fingerprint density at radius 1 is 1.32 bits per heavy atom. The summed E-state index contributed by atoms with van der Waals surface area (Å²) in [6.45, 7) is 3.34. The first-order valence-electron chi connectivity index (χ1n) is 7.53. The van der Waals surface area contributed by atoms with E-state index in [0.29, 0.717) is 24.7 Å². The summed E-state index contributed by atoms with van der Waals surface area (Å²) >= 11 is 1.80. The number of nitrogens with one attached hydrogen (secondary N) is 1. The molecule has 1 N–H and O–H groups in total. The van der Waals surface area contributed by atoms with Crippen LogP contribution in [-0.2, 0) is 4.79 Å². The maximum absolute atomic E-state index is 13.6. The van der Waals surface area contributed by atoms with Crippen LogP contribution in [0.2, 0.25) is 0 Å². The second kappa shape index (κ2) is 6.28. The van der Waals surface area contributed by atoms with Crippen LogP contribution in [0.4, 0.5) is 10.1 Å². The summed E-state index contributed by atoms with van der Waals surface area (Å²) in [5, 5.41) is 2.79. The van der Waals surface area contributed by atoms with Crippen LogP contribution in [0.25, 0.3) is 0 Å². The van der Waals surface area contributed by atoms with Crippen LogP contribution in [0, 0.1) is 17.7 Å². The highest BCUT2D eigenvalue weighted by Gasteiger charge is 2.39. The van der Waals surface area contributed by atoms with Crippen molar-refractivity contribution in [2.75, 3.05) is 29.9 Å². The van der Waals surface area contributed by atoms with Gasteiger partial charge in [-0.1, -0.05) is 6.92 Å². The number of nitrogens with zero attached hydrogens (tertiary/aromatic N) is 1. The largest absolute Gasteiger partial charge is 0.337 e. The molecule has 2 aliphatic rings. The Labute approximate surface area is 133 Å². The van der Waals surface area contributed by atoms with Gasteiger partial charge in [-0.15, -0.1) is 0 Å². The van der Waals surface area contributed by atoms with Crippen molar-refractivity contribution in [1.29, 1.82) is 0 Å². The number of carbonyl (C=O) groups is 2. The van der Waals surface area contributed by atoms with E-state index in [1.807, 2.05) is 6.92 Å². The zero-order valence-electron chi connectivity index (χ0n) is 12.5. The molecule has 1 aromatic rings. The Bertz CT molecular complexity index is 602. The van der Waals surface area contributed by atoms with Gasteiger partial charge < -0.3 is 10.2 Å². The van der Waals surface area contributed by atoms with Gasteiger partial charge in [-0.3, -0.25) is 9.59 Å². The van der Waals surface area contributed by atoms with Gasteiger partial charge in [0.2, 0.25) is 5.91 Å². The van der Waals surface area contributed by atoms with Gasteiger partial charge in [-0.05, 0) is 30.5 Å². The molecule has 0 aromatic heterocycles. The minimum Gasteiger partial charge on any atom is -0.337 e. The summed E-state index contributed by atoms with van der Waals surface area (Å²) in [4.78, 5) is 26.4. The van der Waals surface area contributed by atoms with E-state index in [2.05, 4.69) is 5.32 Å². The maximum Gasteiger partial charge on any atom is 0.256 e. The molecule has 1 heterocycles. The Balaban J connectivity index is 1.80. The lowest BCUT2D eigenvalue weighted by Gasteiger charge is -2.27. The van der Waals surface area contributed by atoms with Crippen LogP contribution < -0.4 is 5.32 Å². The van der Waals surface area contributed by atoms with Crippen LogP contribution in [0.5, 0.6) is 0 Å². The van der Waals surface area contributed by atoms with Crippen molar-refractivity contribution >= 4 is 29.3 Å². The topological polar surface area (TPSA) is 49.4 Å². The molecule has 1 aliphatic carbocycles. The van der Waals surface area contributed by atoms with E-state index in [9.17, 15) is 14.0 Å². The Morgan fingerprint density at radius 3 is 2.64 bits per heavy atom. The summed E-state index contributed by atoms with van der Waals surface area (Å²) in [7, 11) is 0. The molecule has 118 valence electrons. The number of carbonyl (C=O) groups excluding carboxylic acids is 2. The van der Waals surface area contributed by atoms with Crippen LogP contribution in [-0.4, -0.2) is 41.3 Å². The molecular weight excluding hydrogens is 303 g/mol. The van der Waals surface area contributed by atoms with Gasteiger partial charge >= 0.3 is 0 Å². The van der Waals surface area contributed by atoms with Crippen LogP contribution >= 0.6 is 11.8 Å². The van der Waals surface area contributed by atoms with Crippen molar-refractivity contribution in [3.05, 3.63) is 29.6 Å². The lowest BCUT2D eigenvalue weighted by molar-refractivity contribution is -0.117. The summed E-state index contributed by atoms with van der Waals surface area (Å²) in [5.41, 5.74) is 0.655. The minimum atomic E-state index is -0.465. The third kappa shape index (κ3) is 3.27. The second-order valence-corrected chi connectivity index (χ2v) is 7.13. The SMILES string of the molecule is CC1CC1C(=O)Nc1ccc(F)cc1C(=O)N1CCSCC1. The van der Waals surface area contributed by atoms with Crippen LogP contribution in [0.1, 0.15) is 23.7 Å². The van der Waals surface area contributed by atoms with Crippen molar-refractivity contribution in [3.8, 4) is 0 Å². The molecule has 1 aromatic carbocycles. The smallest absolute Gasteiger partial charge is 0.256 e. The zero-order chi connectivity index (χ0) is 15.7.